The molecule has 0 rings (SSSR count). The van der Waals surface area contributed by atoms with Crippen molar-refractivity contribution in [3.05, 3.63) is 0 Å². The van der Waals surface area contributed by atoms with E-state index in [1.54, 1.807) is 0 Å². The van der Waals surface area contributed by atoms with Gasteiger partial charge in [0.05, 0.1) is 0 Å². The van der Waals surface area contributed by atoms with E-state index >= 15 is 0 Å². The summed E-state index contributed by atoms with van der Waals surface area (Å²) >= 11 is 4.67. The van der Waals surface area contributed by atoms with E-state index in [0.29, 0.717) is 0 Å². The first-order valence-electron chi connectivity index (χ1n) is 3.42. The van der Waals surface area contributed by atoms with Crippen LogP contribution in [-0.4, -0.2) is 60.0 Å². The fourth-order valence-corrected chi connectivity index (χ4v) is 7.97. The molecule has 0 fully saturated rings. The van der Waals surface area contributed by atoms with Gasteiger partial charge >= 0.3 is 23.8 Å². The number of hydrogen-bond donors (Lipinski definition) is 4. The van der Waals surface area contributed by atoms with Crippen molar-refractivity contribution in [2.24, 2.45) is 0 Å². The van der Waals surface area contributed by atoms with Crippen molar-refractivity contribution >= 4 is 52.1 Å². The Kier molecular flexibility index (Phi) is 4.72. The fourth-order valence-electron chi connectivity index (χ4n) is 0.886. The van der Waals surface area contributed by atoms with Crippen LogP contribution in [0.25, 0.3) is 0 Å². The second-order valence-corrected chi connectivity index (χ2v) is 10.7. The molecular weight excluding hydrogens is 380 g/mol. The van der Waals surface area contributed by atoms with Crippen LogP contribution in [0.1, 0.15) is 0 Å². The molecule has 0 heterocycles. The minimum atomic E-state index is -6.34. The van der Waals surface area contributed by atoms with E-state index in [-0.39, 0.29) is 0 Å². The Bertz CT molecular complexity index is 701. The molecule has 0 saturated carbocycles. The van der Waals surface area contributed by atoms with E-state index < -0.39 is 48.6 Å². The van der Waals surface area contributed by atoms with Crippen molar-refractivity contribution in [2.45, 2.75) is 8.12 Å². The highest BCUT2D eigenvalue weighted by molar-refractivity contribution is 8.13. The summed E-state index contributed by atoms with van der Waals surface area (Å²) in [7, 11) is -25.1. The quantitative estimate of drug-likeness (QED) is 0.292. The van der Waals surface area contributed by atoms with Crippen LogP contribution in [0, 0.1) is 0 Å². The molecule has 0 aromatic carbocycles. The zero-order valence-electron chi connectivity index (χ0n) is 8.14. The molecule has 0 aromatic rings. The monoisotopic (exact) mass is 384 g/mol. The minimum Gasteiger partial charge on any atom is -0.284 e. The number of halogens is 1. The predicted octanol–water partition coefficient (Wildman–Crippen LogP) is -2.24. The topological polar surface area (TPSA) is 217 Å². The largest absolute Gasteiger partial charge is 0.330 e. The molecule has 0 bridgehead atoms. The van der Waals surface area contributed by atoms with Crippen molar-refractivity contribution in [3.63, 3.8) is 0 Å². The number of alkyl halides is 1. The first kappa shape index (κ1) is 18.9. The Morgan fingerprint density at radius 2 is 0.895 bits per heavy atom. The Balaban J connectivity index is 7.03. The molecule has 17 heteroatoms. The first-order valence-corrected chi connectivity index (χ1v) is 9.69. The van der Waals surface area contributed by atoms with E-state index in [9.17, 15) is 33.7 Å². The third kappa shape index (κ3) is 3.52. The molecular formula is C2H5ClO12S4. The molecule has 0 aliphatic carbocycles. The van der Waals surface area contributed by atoms with Gasteiger partial charge in [-0.25, -0.2) is 0 Å². The zero-order valence-corrected chi connectivity index (χ0v) is 12.2. The van der Waals surface area contributed by atoms with Crippen LogP contribution in [0.2, 0.25) is 0 Å². The Hall–Kier alpha value is -0.0700. The van der Waals surface area contributed by atoms with Crippen LogP contribution in [0.5, 0.6) is 0 Å². The Labute approximate surface area is 112 Å². The Morgan fingerprint density at radius 1 is 0.684 bits per heavy atom. The molecule has 0 spiro atoms. The molecule has 0 atom stereocenters. The van der Waals surface area contributed by atoms with Gasteiger partial charge < -0.3 is 0 Å². The van der Waals surface area contributed by atoms with E-state index in [4.69, 9.17) is 18.2 Å². The molecule has 0 unspecified atom stereocenters. The summed E-state index contributed by atoms with van der Waals surface area (Å²) in [5, 5.41) is 0. The number of rotatable bonds is 5. The summed E-state index contributed by atoms with van der Waals surface area (Å²) in [5.41, 5.74) is 0. The van der Waals surface area contributed by atoms with Gasteiger partial charge in [-0.3, -0.25) is 18.2 Å². The van der Waals surface area contributed by atoms with Crippen LogP contribution >= 0.6 is 11.6 Å². The van der Waals surface area contributed by atoms with E-state index in [1.165, 1.54) is 0 Å². The molecule has 0 radical (unpaired) electrons. The van der Waals surface area contributed by atoms with Gasteiger partial charge in [0.1, 0.15) is 0 Å². The minimum absolute atomic E-state index is 4.21. The summed E-state index contributed by atoms with van der Waals surface area (Å²) in [5.74, 6) is 0. The SMILES string of the molecule is O=S(=O)(O)C(C(Cl)(S(=O)(=O)O)S(=O)(=O)O)S(=O)(=O)O. The average Bonchev–Trinajstić information content (AvgIpc) is 1.92. The molecule has 116 valence electrons. The summed E-state index contributed by atoms with van der Waals surface area (Å²) in [6, 6.07) is 0. The lowest BCUT2D eigenvalue weighted by Gasteiger charge is -2.24. The van der Waals surface area contributed by atoms with Crippen LogP contribution < -0.4 is 0 Å². The van der Waals surface area contributed by atoms with Crippen molar-refractivity contribution < 1.29 is 51.9 Å². The molecule has 0 saturated heterocycles. The highest BCUT2D eigenvalue weighted by atomic mass is 35.5. The van der Waals surface area contributed by atoms with Crippen LogP contribution in [0.3, 0.4) is 0 Å². The van der Waals surface area contributed by atoms with Crippen molar-refractivity contribution in [1.29, 1.82) is 0 Å². The van der Waals surface area contributed by atoms with E-state index in [0.717, 1.165) is 0 Å². The van der Waals surface area contributed by atoms with Crippen LogP contribution in [-0.2, 0) is 40.5 Å². The molecule has 19 heavy (non-hydrogen) atoms. The van der Waals surface area contributed by atoms with Gasteiger partial charge in [0.15, 0.2) is 0 Å². The summed E-state index contributed by atoms with van der Waals surface area (Å²) in [6.07, 6.45) is 0. The maximum absolute atomic E-state index is 10.8. The second-order valence-electron chi connectivity index (χ2n) is 2.89. The molecule has 0 aliphatic rings. The normalized spacial score (nSPS) is 15.7. The third-order valence-corrected chi connectivity index (χ3v) is 10.2. The maximum atomic E-state index is 10.8. The number of hydrogen-bond acceptors (Lipinski definition) is 8. The summed E-state index contributed by atoms with van der Waals surface area (Å²) in [4.78, 5) is 0. The van der Waals surface area contributed by atoms with Gasteiger partial charge in [0, 0.05) is 0 Å². The van der Waals surface area contributed by atoms with Gasteiger partial charge in [0.25, 0.3) is 24.8 Å². The highest BCUT2D eigenvalue weighted by Crippen LogP contribution is 2.38. The standard InChI is InChI=1S/C2H5ClO12S4/c3-2(18(10,11)12,19(13,14)15)1(16(4,5)6)17(7,8)9/h1H,(H,4,5,6)(H,7,8,9)(H,10,11,12)(H,13,14,15). The molecule has 0 aliphatic heterocycles. The zero-order chi connectivity index (χ0) is 16.1. The van der Waals surface area contributed by atoms with Crippen molar-refractivity contribution in [1.82, 2.24) is 0 Å². The van der Waals surface area contributed by atoms with Crippen molar-refractivity contribution in [2.75, 3.05) is 0 Å². The summed E-state index contributed by atoms with van der Waals surface area (Å²) < 4.78 is 111. The lowest BCUT2D eigenvalue weighted by atomic mass is 10.9. The van der Waals surface area contributed by atoms with Gasteiger partial charge in [0.2, 0.25) is 0 Å². The Morgan fingerprint density at radius 3 is 0.947 bits per heavy atom. The van der Waals surface area contributed by atoms with E-state index in [1.807, 2.05) is 0 Å². The highest BCUT2D eigenvalue weighted by Gasteiger charge is 2.69. The molecule has 0 aromatic heterocycles. The van der Waals surface area contributed by atoms with Gasteiger partial charge in [-0.05, 0) is 0 Å². The second kappa shape index (κ2) is 4.74. The van der Waals surface area contributed by atoms with E-state index in [2.05, 4.69) is 11.6 Å². The lowest BCUT2D eigenvalue weighted by Crippen LogP contribution is -2.56. The van der Waals surface area contributed by atoms with Gasteiger partial charge in [-0.1, -0.05) is 11.6 Å². The van der Waals surface area contributed by atoms with Crippen LogP contribution in [0.4, 0.5) is 0 Å². The predicted molar refractivity (Wildman–Crippen MR) is 58.6 cm³/mol. The average molecular weight is 385 g/mol. The molecule has 4 N–H and O–H groups in total. The smallest absolute Gasteiger partial charge is 0.284 e. The van der Waals surface area contributed by atoms with Crippen LogP contribution in [0.15, 0.2) is 0 Å². The van der Waals surface area contributed by atoms with Gasteiger partial charge in [-0.2, -0.15) is 33.7 Å². The molecule has 12 nitrogen and oxygen atoms in total. The van der Waals surface area contributed by atoms with Gasteiger partial charge in [-0.15, -0.1) is 0 Å². The first-order chi connectivity index (χ1) is 7.87. The third-order valence-electron chi connectivity index (χ3n) is 1.53. The lowest BCUT2D eigenvalue weighted by molar-refractivity contribution is 0.422. The summed E-state index contributed by atoms with van der Waals surface area (Å²) in [6.45, 7) is 0. The maximum Gasteiger partial charge on any atom is 0.330 e. The molecule has 0 amide bonds. The fraction of sp³-hybridized carbons (Fsp3) is 1.00. The van der Waals surface area contributed by atoms with Crippen molar-refractivity contribution in [3.8, 4) is 0 Å².